The number of benzene rings is 2. The summed E-state index contributed by atoms with van der Waals surface area (Å²) in [5.41, 5.74) is 2.65. The zero-order valence-corrected chi connectivity index (χ0v) is 18.4. The summed E-state index contributed by atoms with van der Waals surface area (Å²) >= 11 is 0. The third kappa shape index (κ3) is 4.32. The Kier molecular flexibility index (Phi) is 6.44. The molecule has 0 fully saturated rings. The van der Waals surface area contributed by atoms with Crippen LogP contribution in [-0.2, 0) is 6.42 Å². The summed E-state index contributed by atoms with van der Waals surface area (Å²) in [4.78, 5) is 19.3. The van der Waals surface area contributed by atoms with Gasteiger partial charge in [-0.3, -0.25) is 9.78 Å². The van der Waals surface area contributed by atoms with Gasteiger partial charge in [0.05, 0.1) is 32.9 Å². The summed E-state index contributed by atoms with van der Waals surface area (Å²) in [5.74, 6) is 2.67. The molecule has 0 saturated carbocycles. The number of carbonyl (C=O) groups excluding carboxylic acids is 1. The number of aromatic nitrogens is 1. The average Bonchev–Trinajstić information content (AvgIpc) is 2.86. The summed E-state index contributed by atoms with van der Waals surface area (Å²) in [6.45, 7) is 0.855. The van der Waals surface area contributed by atoms with E-state index in [-0.39, 0.29) is 11.9 Å². The standard InChI is InChI=1S/C25H26N2O5/c1-29-19-6-8-20(9-7-19)32-16-22-21-14-24(31-3)23(30-2)13-17(21)10-12-27(22)25(28)18-5-4-11-26-15-18/h4-9,11,13-15,22H,10,12,16H2,1-3H3. The van der Waals surface area contributed by atoms with Crippen LogP contribution in [0.25, 0.3) is 0 Å². The highest BCUT2D eigenvalue weighted by atomic mass is 16.5. The number of pyridine rings is 1. The second-order valence-corrected chi connectivity index (χ2v) is 7.40. The van der Waals surface area contributed by atoms with Crippen molar-refractivity contribution < 1.29 is 23.7 Å². The minimum atomic E-state index is -0.298. The maximum atomic E-state index is 13.4. The predicted molar refractivity (Wildman–Crippen MR) is 120 cm³/mol. The molecule has 2 aromatic carbocycles. The molecule has 0 saturated heterocycles. The van der Waals surface area contributed by atoms with E-state index < -0.39 is 0 Å². The number of carbonyl (C=O) groups is 1. The molecule has 1 aliphatic heterocycles. The molecule has 0 spiro atoms. The zero-order chi connectivity index (χ0) is 22.5. The molecular weight excluding hydrogens is 408 g/mol. The number of methoxy groups -OCH3 is 3. The number of fused-ring (bicyclic) bond motifs is 1. The number of amides is 1. The molecule has 1 aromatic heterocycles. The van der Waals surface area contributed by atoms with Crippen molar-refractivity contribution >= 4 is 5.91 Å². The molecule has 0 radical (unpaired) electrons. The van der Waals surface area contributed by atoms with Gasteiger partial charge in [-0.25, -0.2) is 0 Å². The van der Waals surface area contributed by atoms with E-state index in [4.69, 9.17) is 18.9 Å². The van der Waals surface area contributed by atoms with Crippen molar-refractivity contribution in [2.75, 3.05) is 34.5 Å². The van der Waals surface area contributed by atoms with E-state index in [0.717, 1.165) is 16.9 Å². The molecule has 4 rings (SSSR count). The van der Waals surface area contributed by atoms with Crippen molar-refractivity contribution in [2.45, 2.75) is 12.5 Å². The maximum Gasteiger partial charge on any atom is 0.256 e. The van der Waals surface area contributed by atoms with E-state index in [1.807, 2.05) is 41.3 Å². The lowest BCUT2D eigenvalue weighted by molar-refractivity contribution is 0.0589. The average molecular weight is 434 g/mol. The molecule has 1 unspecified atom stereocenters. The summed E-state index contributed by atoms with van der Waals surface area (Å²) in [6.07, 6.45) is 3.96. The van der Waals surface area contributed by atoms with Gasteiger partial charge in [-0.2, -0.15) is 0 Å². The van der Waals surface area contributed by atoms with Crippen molar-refractivity contribution in [3.05, 3.63) is 77.6 Å². The Hall–Kier alpha value is -3.74. The monoisotopic (exact) mass is 434 g/mol. The van der Waals surface area contributed by atoms with Crippen LogP contribution in [0.5, 0.6) is 23.0 Å². The molecule has 3 aromatic rings. The Morgan fingerprint density at radius 1 is 1.00 bits per heavy atom. The number of ether oxygens (including phenoxy) is 4. The van der Waals surface area contributed by atoms with Gasteiger partial charge in [-0.1, -0.05) is 0 Å². The van der Waals surface area contributed by atoms with E-state index in [1.165, 1.54) is 0 Å². The summed E-state index contributed by atoms with van der Waals surface area (Å²) < 4.78 is 22.3. The quantitative estimate of drug-likeness (QED) is 0.561. The van der Waals surface area contributed by atoms with Crippen LogP contribution in [-0.4, -0.2) is 50.3 Å². The molecule has 1 amide bonds. The third-order valence-corrected chi connectivity index (χ3v) is 5.64. The number of hydrogen-bond donors (Lipinski definition) is 0. The molecule has 7 heteroatoms. The van der Waals surface area contributed by atoms with E-state index in [2.05, 4.69) is 4.98 Å². The van der Waals surface area contributed by atoms with Crippen molar-refractivity contribution in [2.24, 2.45) is 0 Å². The van der Waals surface area contributed by atoms with Crippen molar-refractivity contribution in [3.8, 4) is 23.0 Å². The predicted octanol–water partition coefficient (Wildman–Crippen LogP) is 3.93. The highest BCUT2D eigenvalue weighted by molar-refractivity contribution is 5.94. The highest BCUT2D eigenvalue weighted by Gasteiger charge is 2.33. The Balaban J connectivity index is 1.68. The molecule has 1 atom stereocenters. The zero-order valence-electron chi connectivity index (χ0n) is 18.4. The maximum absolute atomic E-state index is 13.4. The highest BCUT2D eigenvalue weighted by Crippen LogP contribution is 2.39. The van der Waals surface area contributed by atoms with E-state index in [0.29, 0.717) is 42.4 Å². The summed E-state index contributed by atoms with van der Waals surface area (Å²) in [5, 5.41) is 0. The van der Waals surface area contributed by atoms with E-state index in [9.17, 15) is 4.79 Å². The van der Waals surface area contributed by atoms with Crippen LogP contribution in [0.2, 0.25) is 0 Å². The molecule has 0 aliphatic carbocycles. The fraction of sp³-hybridized carbons (Fsp3) is 0.280. The molecule has 0 bridgehead atoms. The van der Waals surface area contributed by atoms with E-state index >= 15 is 0 Å². The number of rotatable bonds is 7. The van der Waals surface area contributed by atoms with Gasteiger partial charge in [0.15, 0.2) is 11.5 Å². The number of hydrogen-bond acceptors (Lipinski definition) is 6. The van der Waals surface area contributed by atoms with Crippen LogP contribution in [0.15, 0.2) is 60.9 Å². The minimum Gasteiger partial charge on any atom is -0.497 e. The van der Waals surface area contributed by atoms with Crippen LogP contribution < -0.4 is 18.9 Å². The second kappa shape index (κ2) is 9.60. The van der Waals surface area contributed by atoms with Crippen LogP contribution in [0.1, 0.15) is 27.5 Å². The van der Waals surface area contributed by atoms with Crippen LogP contribution >= 0.6 is 0 Å². The van der Waals surface area contributed by atoms with Gasteiger partial charge < -0.3 is 23.8 Å². The van der Waals surface area contributed by atoms with Crippen molar-refractivity contribution in [1.29, 1.82) is 0 Å². The molecule has 2 heterocycles. The van der Waals surface area contributed by atoms with Crippen LogP contribution in [0, 0.1) is 0 Å². The number of nitrogens with zero attached hydrogens (tertiary/aromatic N) is 2. The first-order valence-electron chi connectivity index (χ1n) is 10.4. The SMILES string of the molecule is COc1ccc(OCC2c3cc(OC)c(OC)cc3CCN2C(=O)c2cccnc2)cc1. The Labute approximate surface area is 187 Å². The molecule has 166 valence electrons. The lowest BCUT2D eigenvalue weighted by atomic mass is 9.91. The van der Waals surface area contributed by atoms with Crippen molar-refractivity contribution in [1.82, 2.24) is 9.88 Å². The van der Waals surface area contributed by atoms with Gasteiger partial charge in [0, 0.05) is 18.9 Å². The van der Waals surface area contributed by atoms with Gasteiger partial charge in [-0.05, 0) is 66.1 Å². The lowest BCUT2D eigenvalue weighted by Crippen LogP contribution is -2.42. The normalized spacial score (nSPS) is 15.0. The van der Waals surface area contributed by atoms with Crippen molar-refractivity contribution in [3.63, 3.8) is 0 Å². The molecular formula is C25H26N2O5. The molecule has 32 heavy (non-hydrogen) atoms. The Bertz CT molecular complexity index is 1070. The molecule has 7 nitrogen and oxygen atoms in total. The first-order chi connectivity index (χ1) is 15.6. The fourth-order valence-corrected chi connectivity index (χ4v) is 3.95. The van der Waals surface area contributed by atoms with E-state index in [1.54, 1.807) is 45.9 Å². The smallest absolute Gasteiger partial charge is 0.256 e. The Morgan fingerprint density at radius 2 is 1.72 bits per heavy atom. The van der Waals surface area contributed by atoms with Gasteiger partial charge in [0.1, 0.15) is 18.1 Å². The molecule has 0 N–H and O–H groups in total. The second-order valence-electron chi connectivity index (χ2n) is 7.40. The van der Waals surface area contributed by atoms with Gasteiger partial charge in [-0.15, -0.1) is 0 Å². The third-order valence-electron chi connectivity index (χ3n) is 5.64. The van der Waals surface area contributed by atoms with Gasteiger partial charge in [0.25, 0.3) is 5.91 Å². The lowest BCUT2D eigenvalue weighted by Gasteiger charge is -2.37. The van der Waals surface area contributed by atoms with Crippen LogP contribution in [0.4, 0.5) is 0 Å². The van der Waals surface area contributed by atoms with Crippen LogP contribution in [0.3, 0.4) is 0 Å². The Morgan fingerprint density at radius 3 is 2.38 bits per heavy atom. The van der Waals surface area contributed by atoms with Gasteiger partial charge >= 0.3 is 0 Å². The first-order valence-corrected chi connectivity index (χ1v) is 10.4. The largest absolute Gasteiger partial charge is 0.497 e. The topological polar surface area (TPSA) is 70.1 Å². The summed E-state index contributed by atoms with van der Waals surface area (Å²) in [7, 11) is 4.85. The summed E-state index contributed by atoms with van der Waals surface area (Å²) in [6, 6.07) is 14.6. The minimum absolute atomic E-state index is 0.0816. The molecule has 1 aliphatic rings. The first kappa shape index (κ1) is 21.5. The fourth-order valence-electron chi connectivity index (χ4n) is 3.95. The van der Waals surface area contributed by atoms with Gasteiger partial charge in [0.2, 0.25) is 0 Å².